The molecule has 26 heavy (non-hydrogen) atoms. The van der Waals surface area contributed by atoms with Crippen molar-refractivity contribution in [3.63, 3.8) is 0 Å². The van der Waals surface area contributed by atoms with Gasteiger partial charge in [-0.15, -0.1) is 11.3 Å². The van der Waals surface area contributed by atoms with E-state index in [1.165, 1.54) is 0 Å². The number of rotatable bonds is 7. The van der Waals surface area contributed by atoms with E-state index < -0.39 is 6.04 Å². The first-order valence-corrected chi connectivity index (χ1v) is 9.39. The molecule has 2 amide bonds. The quantitative estimate of drug-likeness (QED) is 0.674. The summed E-state index contributed by atoms with van der Waals surface area (Å²) in [6.45, 7) is 2.14. The molecule has 0 unspecified atom stereocenters. The van der Waals surface area contributed by atoms with Gasteiger partial charge in [0.2, 0.25) is 11.8 Å². The van der Waals surface area contributed by atoms with E-state index in [1.807, 2.05) is 54.6 Å². The standard InChI is InChI=1S/C20H21N3O2S/c1-14(20(25)21-13-15-7-3-2-4-8-15)22-18(24)11-12-19-23-16-9-5-6-10-17(16)26-19/h2-10,14H,11-13H2,1H3,(H,21,25)(H,22,24)/t14-/m0/s1. The van der Waals surface area contributed by atoms with Gasteiger partial charge in [0.05, 0.1) is 15.2 Å². The average molecular weight is 367 g/mol. The van der Waals surface area contributed by atoms with E-state index in [4.69, 9.17) is 0 Å². The molecule has 0 bridgehead atoms. The van der Waals surface area contributed by atoms with Gasteiger partial charge in [-0.25, -0.2) is 4.98 Å². The molecule has 1 heterocycles. The number of benzene rings is 2. The molecule has 0 aliphatic rings. The number of hydrogen-bond acceptors (Lipinski definition) is 4. The van der Waals surface area contributed by atoms with Crippen molar-refractivity contribution in [2.75, 3.05) is 0 Å². The van der Waals surface area contributed by atoms with Crippen molar-refractivity contribution < 1.29 is 9.59 Å². The number of carbonyl (C=O) groups is 2. The molecule has 2 N–H and O–H groups in total. The van der Waals surface area contributed by atoms with Gasteiger partial charge in [-0.3, -0.25) is 9.59 Å². The second-order valence-corrected chi connectivity index (χ2v) is 7.18. The second-order valence-electron chi connectivity index (χ2n) is 6.07. The molecule has 5 nitrogen and oxygen atoms in total. The number of carbonyl (C=O) groups excluding carboxylic acids is 2. The molecule has 3 aromatic rings. The highest BCUT2D eigenvalue weighted by atomic mass is 32.1. The van der Waals surface area contributed by atoms with Crippen molar-refractivity contribution >= 4 is 33.4 Å². The molecule has 6 heteroatoms. The zero-order chi connectivity index (χ0) is 18.4. The predicted octanol–water partition coefficient (Wildman–Crippen LogP) is 3.05. The summed E-state index contributed by atoms with van der Waals surface area (Å²) in [5, 5.41) is 6.51. The number of thiazole rings is 1. The van der Waals surface area contributed by atoms with Crippen LogP contribution in [0.4, 0.5) is 0 Å². The number of nitrogens with zero attached hydrogens (tertiary/aromatic N) is 1. The Balaban J connectivity index is 1.44. The smallest absolute Gasteiger partial charge is 0.242 e. The summed E-state index contributed by atoms with van der Waals surface area (Å²) in [5.41, 5.74) is 1.98. The van der Waals surface area contributed by atoms with Crippen molar-refractivity contribution in [3.05, 3.63) is 65.2 Å². The molecule has 0 saturated carbocycles. The SMILES string of the molecule is C[C@H](NC(=O)CCc1nc2ccccc2s1)C(=O)NCc1ccccc1. The number of aryl methyl sites for hydroxylation is 1. The normalized spacial score (nSPS) is 11.9. The largest absolute Gasteiger partial charge is 0.350 e. The maximum Gasteiger partial charge on any atom is 0.242 e. The first kappa shape index (κ1) is 18.1. The molecular weight excluding hydrogens is 346 g/mol. The number of nitrogens with one attached hydrogen (secondary N) is 2. The molecule has 0 aliphatic heterocycles. The van der Waals surface area contributed by atoms with Gasteiger partial charge in [0.15, 0.2) is 0 Å². The van der Waals surface area contributed by atoms with Crippen molar-refractivity contribution in [2.45, 2.75) is 32.4 Å². The Morgan fingerprint density at radius 2 is 1.81 bits per heavy atom. The Morgan fingerprint density at radius 1 is 1.08 bits per heavy atom. The van der Waals surface area contributed by atoms with Gasteiger partial charge >= 0.3 is 0 Å². The molecule has 0 aliphatic carbocycles. The lowest BCUT2D eigenvalue weighted by atomic mass is 10.2. The molecule has 1 atom stereocenters. The van der Waals surface area contributed by atoms with E-state index in [9.17, 15) is 9.59 Å². The van der Waals surface area contributed by atoms with Crippen molar-refractivity contribution in [1.29, 1.82) is 0 Å². The highest BCUT2D eigenvalue weighted by Gasteiger charge is 2.15. The first-order valence-electron chi connectivity index (χ1n) is 8.57. The van der Waals surface area contributed by atoms with Crippen LogP contribution in [-0.2, 0) is 22.6 Å². The molecule has 1 aromatic heterocycles. The Morgan fingerprint density at radius 3 is 2.58 bits per heavy atom. The lowest BCUT2D eigenvalue weighted by Crippen LogP contribution is -2.44. The summed E-state index contributed by atoms with van der Waals surface area (Å²) in [6.07, 6.45) is 0.889. The summed E-state index contributed by atoms with van der Waals surface area (Å²) in [4.78, 5) is 28.7. The van der Waals surface area contributed by atoms with Crippen molar-refractivity contribution in [2.24, 2.45) is 0 Å². The van der Waals surface area contributed by atoms with E-state index in [0.717, 1.165) is 20.8 Å². The molecule has 2 aromatic carbocycles. The third-order valence-electron chi connectivity index (χ3n) is 3.98. The summed E-state index contributed by atoms with van der Waals surface area (Å²) in [6, 6.07) is 17.0. The van der Waals surface area contributed by atoms with Crippen LogP contribution in [0, 0.1) is 0 Å². The fourth-order valence-electron chi connectivity index (χ4n) is 2.56. The van der Waals surface area contributed by atoms with Gasteiger partial charge in [0.25, 0.3) is 0 Å². The summed E-state index contributed by atoms with van der Waals surface area (Å²) in [5.74, 6) is -0.339. The minimum absolute atomic E-state index is 0.147. The first-order chi connectivity index (χ1) is 12.6. The van der Waals surface area contributed by atoms with Crippen LogP contribution in [0.15, 0.2) is 54.6 Å². The minimum atomic E-state index is -0.568. The van der Waals surface area contributed by atoms with Crippen LogP contribution in [-0.4, -0.2) is 22.8 Å². The number of aromatic nitrogens is 1. The third-order valence-corrected chi connectivity index (χ3v) is 5.08. The van der Waals surface area contributed by atoms with Crippen LogP contribution >= 0.6 is 11.3 Å². The number of amides is 2. The van der Waals surface area contributed by atoms with Gasteiger partial charge < -0.3 is 10.6 Å². The molecule has 134 valence electrons. The molecule has 0 radical (unpaired) electrons. The van der Waals surface area contributed by atoms with Crippen LogP contribution in [0.3, 0.4) is 0 Å². The fourth-order valence-corrected chi connectivity index (χ4v) is 3.53. The molecule has 0 spiro atoms. The highest BCUT2D eigenvalue weighted by Crippen LogP contribution is 2.22. The second kappa shape index (κ2) is 8.58. The molecule has 0 saturated heterocycles. The zero-order valence-corrected chi connectivity index (χ0v) is 15.4. The number of hydrogen-bond donors (Lipinski definition) is 2. The van der Waals surface area contributed by atoms with Crippen LogP contribution in [0.25, 0.3) is 10.2 Å². The van der Waals surface area contributed by atoms with E-state index in [-0.39, 0.29) is 11.8 Å². The molecular formula is C20H21N3O2S. The van der Waals surface area contributed by atoms with Gasteiger partial charge in [0.1, 0.15) is 6.04 Å². The van der Waals surface area contributed by atoms with E-state index >= 15 is 0 Å². The summed E-state index contributed by atoms with van der Waals surface area (Å²) >= 11 is 1.60. The number of para-hydroxylation sites is 1. The van der Waals surface area contributed by atoms with Crippen molar-refractivity contribution in [1.82, 2.24) is 15.6 Å². The highest BCUT2D eigenvalue weighted by molar-refractivity contribution is 7.18. The topological polar surface area (TPSA) is 71.1 Å². The van der Waals surface area contributed by atoms with Crippen LogP contribution < -0.4 is 10.6 Å². The van der Waals surface area contributed by atoms with Gasteiger partial charge in [-0.2, -0.15) is 0 Å². The lowest BCUT2D eigenvalue weighted by Gasteiger charge is -2.14. The third kappa shape index (κ3) is 4.89. The van der Waals surface area contributed by atoms with E-state index in [0.29, 0.717) is 19.4 Å². The molecule has 3 rings (SSSR count). The maximum atomic E-state index is 12.1. The van der Waals surface area contributed by atoms with Crippen LogP contribution in [0.2, 0.25) is 0 Å². The van der Waals surface area contributed by atoms with Crippen LogP contribution in [0.5, 0.6) is 0 Å². The van der Waals surface area contributed by atoms with E-state index in [2.05, 4.69) is 15.6 Å². The summed E-state index contributed by atoms with van der Waals surface area (Å²) < 4.78 is 1.12. The van der Waals surface area contributed by atoms with Crippen molar-refractivity contribution in [3.8, 4) is 0 Å². The lowest BCUT2D eigenvalue weighted by molar-refractivity contribution is -0.128. The zero-order valence-electron chi connectivity index (χ0n) is 14.6. The minimum Gasteiger partial charge on any atom is -0.350 e. The Labute approximate surface area is 156 Å². The van der Waals surface area contributed by atoms with Gasteiger partial charge in [-0.1, -0.05) is 42.5 Å². The van der Waals surface area contributed by atoms with E-state index in [1.54, 1.807) is 18.3 Å². The summed E-state index contributed by atoms with van der Waals surface area (Å²) in [7, 11) is 0. The average Bonchev–Trinajstić information content (AvgIpc) is 3.08. The Kier molecular flexibility index (Phi) is 5.96. The monoisotopic (exact) mass is 367 g/mol. The fraction of sp³-hybridized carbons (Fsp3) is 0.250. The Bertz CT molecular complexity index is 859. The number of fused-ring (bicyclic) bond motifs is 1. The van der Waals surface area contributed by atoms with Crippen LogP contribution in [0.1, 0.15) is 23.9 Å². The Hall–Kier alpha value is -2.73. The van der Waals surface area contributed by atoms with Gasteiger partial charge in [-0.05, 0) is 24.6 Å². The molecule has 0 fully saturated rings. The predicted molar refractivity (Wildman–Crippen MR) is 104 cm³/mol. The van der Waals surface area contributed by atoms with Gasteiger partial charge in [0, 0.05) is 19.4 Å². The maximum absolute atomic E-state index is 12.1.